The van der Waals surface area contributed by atoms with Crippen LogP contribution in [0.5, 0.6) is 0 Å². The third-order valence-corrected chi connectivity index (χ3v) is 3.93. The fourth-order valence-electron chi connectivity index (χ4n) is 2.75. The Bertz CT molecular complexity index is 759. The zero-order valence-corrected chi connectivity index (χ0v) is 15.8. The smallest absolute Gasteiger partial charge is 0.193 e. The standard InChI is InChI=1S/C20H26F2N4/c1-23-20(26(4)13-16-6-5-7-18(21)11-16)24-12-15-8-9-19(22)17(10-15)14-25(2)3/h5-11H,12-14H2,1-4H3,(H,23,24). The molecule has 2 aromatic carbocycles. The highest BCUT2D eigenvalue weighted by Gasteiger charge is 2.09. The number of hydrogen-bond donors (Lipinski definition) is 1. The van der Waals surface area contributed by atoms with Crippen molar-refractivity contribution in [1.82, 2.24) is 15.1 Å². The number of guanidine groups is 1. The van der Waals surface area contributed by atoms with Gasteiger partial charge in [-0.1, -0.05) is 18.2 Å². The average molecular weight is 360 g/mol. The molecule has 0 aromatic heterocycles. The molecule has 0 amide bonds. The Morgan fingerprint density at radius 1 is 1.00 bits per heavy atom. The monoisotopic (exact) mass is 360 g/mol. The van der Waals surface area contributed by atoms with Gasteiger partial charge in [0.05, 0.1) is 0 Å². The summed E-state index contributed by atoms with van der Waals surface area (Å²) in [6.45, 7) is 1.61. The van der Waals surface area contributed by atoms with E-state index in [4.69, 9.17) is 0 Å². The van der Waals surface area contributed by atoms with Crippen molar-refractivity contribution in [3.63, 3.8) is 0 Å². The van der Waals surface area contributed by atoms with Gasteiger partial charge in [-0.05, 0) is 49.5 Å². The minimum Gasteiger partial charge on any atom is -0.352 e. The van der Waals surface area contributed by atoms with Crippen LogP contribution in [0.1, 0.15) is 16.7 Å². The molecular weight excluding hydrogens is 334 g/mol. The Kier molecular flexibility index (Phi) is 7.09. The molecule has 0 aliphatic carbocycles. The van der Waals surface area contributed by atoms with Gasteiger partial charge in [0.2, 0.25) is 0 Å². The van der Waals surface area contributed by atoms with Crippen LogP contribution in [0.3, 0.4) is 0 Å². The molecule has 0 saturated carbocycles. The predicted molar refractivity (Wildman–Crippen MR) is 102 cm³/mol. The highest BCUT2D eigenvalue weighted by atomic mass is 19.1. The lowest BCUT2D eigenvalue weighted by Crippen LogP contribution is -2.38. The molecule has 0 aliphatic heterocycles. The molecule has 1 N–H and O–H groups in total. The maximum absolute atomic E-state index is 13.9. The van der Waals surface area contributed by atoms with E-state index < -0.39 is 0 Å². The van der Waals surface area contributed by atoms with Crippen molar-refractivity contribution in [3.05, 3.63) is 70.8 Å². The van der Waals surface area contributed by atoms with Crippen LogP contribution >= 0.6 is 0 Å². The third-order valence-electron chi connectivity index (χ3n) is 3.93. The first-order valence-electron chi connectivity index (χ1n) is 8.47. The summed E-state index contributed by atoms with van der Waals surface area (Å²) < 4.78 is 27.2. The maximum atomic E-state index is 13.9. The summed E-state index contributed by atoms with van der Waals surface area (Å²) in [4.78, 5) is 8.11. The van der Waals surface area contributed by atoms with Crippen LogP contribution in [0, 0.1) is 11.6 Å². The average Bonchev–Trinajstić information content (AvgIpc) is 2.57. The Hall–Kier alpha value is -2.47. The summed E-state index contributed by atoms with van der Waals surface area (Å²) in [5, 5.41) is 3.27. The van der Waals surface area contributed by atoms with E-state index in [0.717, 1.165) is 11.1 Å². The SMILES string of the molecule is CN=C(NCc1ccc(F)c(CN(C)C)c1)N(C)Cc1cccc(F)c1. The van der Waals surface area contributed by atoms with Gasteiger partial charge in [0.1, 0.15) is 11.6 Å². The zero-order valence-electron chi connectivity index (χ0n) is 15.8. The van der Waals surface area contributed by atoms with Crippen LogP contribution in [0.15, 0.2) is 47.5 Å². The number of halogens is 2. The number of nitrogens with one attached hydrogen (secondary N) is 1. The van der Waals surface area contributed by atoms with E-state index in [1.165, 1.54) is 18.2 Å². The van der Waals surface area contributed by atoms with Gasteiger partial charge in [-0.3, -0.25) is 4.99 Å². The fraction of sp³-hybridized carbons (Fsp3) is 0.350. The van der Waals surface area contributed by atoms with Crippen molar-refractivity contribution in [2.75, 3.05) is 28.2 Å². The molecule has 26 heavy (non-hydrogen) atoms. The van der Waals surface area contributed by atoms with Crippen molar-refractivity contribution < 1.29 is 8.78 Å². The van der Waals surface area contributed by atoms with E-state index in [9.17, 15) is 8.78 Å². The summed E-state index contributed by atoms with van der Waals surface area (Å²) >= 11 is 0. The van der Waals surface area contributed by atoms with Gasteiger partial charge in [-0.15, -0.1) is 0 Å². The number of nitrogens with zero attached hydrogens (tertiary/aromatic N) is 3. The lowest BCUT2D eigenvalue weighted by Gasteiger charge is -2.22. The number of rotatable bonds is 6. The van der Waals surface area contributed by atoms with Gasteiger partial charge >= 0.3 is 0 Å². The molecule has 0 saturated heterocycles. The molecule has 2 aromatic rings. The van der Waals surface area contributed by atoms with Gasteiger partial charge in [0, 0.05) is 39.3 Å². The van der Waals surface area contributed by atoms with Crippen LogP contribution < -0.4 is 5.32 Å². The molecular formula is C20H26F2N4. The van der Waals surface area contributed by atoms with Crippen LogP contribution in [-0.4, -0.2) is 44.0 Å². The first-order valence-corrected chi connectivity index (χ1v) is 8.47. The van der Waals surface area contributed by atoms with E-state index in [2.05, 4.69) is 10.3 Å². The molecule has 0 fully saturated rings. The van der Waals surface area contributed by atoms with Crippen LogP contribution in [-0.2, 0) is 19.6 Å². The first-order chi connectivity index (χ1) is 12.4. The zero-order chi connectivity index (χ0) is 19.1. The van der Waals surface area contributed by atoms with E-state index in [1.54, 1.807) is 19.2 Å². The molecule has 0 heterocycles. The van der Waals surface area contributed by atoms with Crippen molar-refractivity contribution in [3.8, 4) is 0 Å². The van der Waals surface area contributed by atoms with Crippen LogP contribution in [0.4, 0.5) is 8.78 Å². The van der Waals surface area contributed by atoms with E-state index in [0.29, 0.717) is 31.2 Å². The summed E-state index contributed by atoms with van der Waals surface area (Å²) in [7, 11) is 7.41. The van der Waals surface area contributed by atoms with Gasteiger partial charge < -0.3 is 15.1 Å². The van der Waals surface area contributed by atoms with Crippen molar-refractivity contribution in [2.24, 2.45) is 4.99 Å². The Morgan fingerprint density at radius 2 is 1.77 bits per heavy atom. The van der Waals surface area contributed by atoms with Crippen molar-refractivity contribution in [1.29, 1.82) is 0 Å². The lowest BCUT2D eigenvalue weighted by atomic mass is 10.1. The maximum Gasteiger partial charge on any atom is 0.193 e. The van der Waals surface area contributed by atoms with Gasteiger partial charge in [-0.25, -0.2) is 8.78 Å². The minimum atomic E-state index is -0.251. The van der Waals surface area contributed by atoms with Crippen molar-refractivity contribution in [2.45, 2.75) is 19.6 Å². The molecule has 0 aliphatic rings. The Balaban J connectivity index is 2.00. The van der Waals surface area contributed by atoms with E-state index in [1.807, 2.05) is 43.1 Å². The topological polar surface area (TPSA) is 30.9 Å². The van der Waals surface area contributed by atoms with Crippen LogP contribution in [0.2, 0.25) is 0 Å². The third kappa shape index (κ3) is 5.81. The fourth-order valence-corrected chi connectivity index (χ4v) is 2.75. The number of aliphatic imine (C=N–C) groups is 1. The van der Waals surface area contributed by atoms with Gasteiger partial charge in [0.15, 0.2) is 5.96 Å². The molecule has 2 rings (SSSR count). The number of hydrogen-bond acceptors (Lipinski definition) is 2. The highest BCUT2D eigenvalue weighted by molar-refractivity contribution is 5.79. The summed E-state index contributed by atoms with van der Waals surface area (Å²) in [6, 6.07) is 11.6. The molecule has 6 heteroatoms. The molecule has 0 unspecified atom stereocenters. The van der Waals surface area contributed by atoms with Gasteiger partial charge in [0.25, 0.3) is 0 Å². The van der Waals surface area contributed by atoms with E-state index >= 15 is 0 Å². The molecule has 0 atom stereocenters. The second kappa shape index (κ2) is 9.29. The summed E-state index contributed by atoms with van der Waals surface area (Å²) in [5.74, 6) is 0.237. The molecule has 0 bridgehead atoms. The minimum absolute atomic E-state index is 0.199. The summed E-state index contributed by atoms with van der Waals surface area (Å²) in [6.07, 6.45) is 0. The summed E-state index contributed by atoms with van der Waals surface area (Å²) in [5.41, 5.74) is 2.51. The van der Waals surface area contributed by atoms with E-state index in [-0.39, 0.29) is 11.6 Å². The largest absolute Gasteiger partial charge is 0.352 e. The first kappa shape index (κ1) is 19.8. The van der Waals surface area contributed by atoms with Crippen molar-refractivity contribution >= 4 is 5.96 Å². The highest BCUT2D eigenvalue weighted by Crippen LogP contribution is 2.12. The quantitative estimate of drug-likeness (QED) is 0.634. The van der Waals surface area contributed by atoms with Crippen LogP contribution in [0.25, 0.3) is 0 Å². The number of benzene rings is 2. The second-order valence-electron chi connectivity index (χ2n) is 6.55. The molecule has 140 valence electrons. The lowest BCUT2D eigenvalue weighted by molar-refractivity contribution is 0.392. The van der Waals surface area contributed by atoms with Gasteiger partial charge in [-0.2, -0.15) is 0 Å². The molecule has 4 nitrogen and oxygen atoms in total. The Labute approximate surface area is 154 Å². The molecule has 0 spiro atoms. The normalized spacial score (nSPS) is 11.7. The predicted octanol–water partition coefficient (Wildman–Crippen LogP) is 3.23. The molecule has 0 radical (unpaired) electrons. The Morgan fingerprint density at radius 3 is 2.42 bits per heavy atom. The second-order valence-corrected chi connectivity index (χ2v) is 6.55.